The molecule has 3 aromatic rings. The van der Waals surface area contributed by atoms with Crippen LogP contribution in [0.2, 0.25) is 0 Å². The van der Waals surface area contributed by atoms with Gasteiger partial charge in [0.1, 0.15) is 17.3 Å². The van der Waals surface area contributed by atoms with Gasteiger partial charge in [-0.3, -0.25) is 9.69 Å². The summed E-state index contributed by atoms with van der Waals surface area (Å²) in [5.41, 5.74) is 1.01. The Morgan fingerprint density at radius 1 is 1.02 bits per heavy atom. The van der Waals surface area contributed by atoms with Crippen LogP contribution in [0.3, 0.4) is 0 Å². The maximum absolute atomic E-state index is 15.4. The molecule has 40 heavy (non-hydrogen) atoms. The van der Waals surface area contributed by atoms with Gasteiger partial charge in [0.05, 0.1) is 11.3 Å². The zero-order valence-electron chi connectivity index (χ0n) is 23.1. The van der Waals surface area contributed by atoms with Crippen LogP contribution < -0.4 is 5.69 Å². The van der Waals surface area contributed by atoms with Crippen LogP contribution in [0, 0.1) is 11.7 Å². The van der Waals surface area contributed by atoms with Crippen molar-refractivity contribution in [2.45, 2.75) is 39.7 Å². The number of carbonyl (C=O) groups excluding carboxylic acids is 1. The van der Waals surface area contributed by atoms with Crippen molar-refractivity contribution >= 4 is 5.91 Å². The number of hydrogen-bond acceptors (Lipinski definition) is 7. The van der Waals surface area contributed by atoms with Gasteiger partial charge < -0.3 is 20.0 Å². The van der Waals surface area contributed by atoms with E-state index in [4.69, 9.17) is 0 Å². The average Bonchev–Trinajstić information content (AvgIpc) is 3.31. The van der Waals surface area contributed by atoms with Crippen molar-refractivity contribution in [2.75, 3.05) is 45.8 Å². The van der Waals surface area contributed by atoms with E-state index >= 15 is 4.39 Å². The van der Waals surface area contributed by atoms with Crippen LogP contribution in [0.25, 0.3) is 17.1 Å². The topological polar surface area (TPSA) is 118 Å². The van der Waals surface area contributed by atoms with Gasteiger partial charge in [-0.2, -0.15) is 5.10 Å². The van der Waals surface area contributed by atoms with Crippen LogP contribution in [-0.4, -0.2) is 91.4 Å². The number of aromatic amines is 1. The number of hydrogen-bond donors (Lipinski definition) is 3. The third-order valence-corrected chi connectivity index (χ3v) is 8.19. The van der Waals surface area contributed by atoms with Gasteiger partial charge in [-0.05, 0) is 54.5 Å². The second-order valence-electron chi connectivity index (χ2n) is 10.9. The summed E-state index contributed by atoms with van der Waals surface area (Å²) in [5, 5.41) is 26.9. The molecule has 0 atom stereocenters. The van der Waals surface area contributed by atoms with E-state index in [1.165, 1.54) is 12.1 Å². The minimum absolute atomic E-state index is 0.0312. The second kappa shape index (κ2) is 11.8. The molecule has 1 aromatic heterocycles. The van der Waals surface area contributed by atoms with Gasteiger partial charge in [0, 0.05) is 65.3 Å². The highest BCUT2D eigenvalue weighted by molar-refractivity contribution is 5.73. The molecule has 2 saturated heterocycles. The lowest BCUT2D eigenvalue weighted by Crippen LogP contribution is -2.48. The van der Waals surface area contributed by atoms with Crippen molar-refractivity contribution in [3.8, 4) is 28.6 Å². The number of piperazine rings is 1. The standard InChI is InChI=1S/C29H37FN6O4/c1-3-22-15-23(27(39)16-26(22)38)28-31-32-29(40)36(28)25-5-4-21(14-24(25)30)18-34-12-10-33(11-13-34)17-20-6-8-35(9-7-20)19(2)37/h4-5,14-16,20,38-39H,3,6-13,17-18H2,1-2H3,(H,32,40). The highest BCUT2D eigenvalue weighted by Crippen LogP contribution is 2.35. The quantitative estimate of drug-likeness (QED) is 0.413. The Morgan fingerprint density at radius 2 is 1.73 bits per heavy atom. The largest absolute Gasteiger partial charge is 0.508 e. The summed E-state index contributed by atoms with van der Waals surface area (Å²) in [6.07, 6.45) is 2.61. The first-order valence-electron chi connectivity index (χ1n) is 13.9. The number of rotatable bonds is 7. The molecule has 1 amide bonds. The fourth-order valence-electron chi connectivity index (χ4n) is 5.80. The number of likely N-dealkylation sites (tertiary alicyclic amines) is 1. The Balaban J connectivity index is 1.23. The molecule has 2 aromatic carbocycles. The van der Waals surface area contributed by atoms with E-state index in [0.29, 0.717) is 24.4 Å². The van der Waals surface area contributed by atoms with Crippen molar-refractivity contribution in [1.29, 1.82) is 0 Å². The Morgan fingerprint density at radius 3 is 2.38 bits per heavy atom. The fraction of sp³-hybridized carbons (Fsp3) is 0.483. The van der Waals surface area contributed by atoms with Crippen molar-refractivity contribution in [3.05, 3.63) is 57.8 Å². The summed E-state index contributed by atoms with van der Waals surface area (Å²) in [6, 6.07) is 7.57. The van der Waals surface area contributed by atoms with E-state index in [2.05, 4.69) is 20.0 Å². The number of phenols is 2. The van der Waals surface area contributed by atoms with Gasteiger partial charge in [-0.1, -0.05) is 13.0 Å². The summed E-state index contributed by atoms with van der Waals surface area (Å²) in [4.78, 5) is 30.9. The summed E-state index contributed by atoms with van der Waals surface area (Å²) >= 11 is 0. The first-order valence-corrected chi connectivity index (χ1v) is 13.9. The van der Waals surface area contributed by atoms with Gasteiger partial charge in [-0.25, -0.2) is 18.9 Å². The molecular weight excluding hydrogens is 515 g/mol. The molecule has 2 aliphatic heterocycles. The number of nitrogens with one attached hydrogen (secondary N) is 1. The Bertz CT molecular complexity index is 1420. The maximum atomic E-state index is 15.4. The van der Waals surface area contributed by atoms with Crippen LogP contribution in [0.5, 0.6) is 11.5 Å². The maximum Gasteiger partial charge on any atom is 0.348 e. The van der Waals surface area contributed by atoms with Crippen molar-refractivity contribution < 1.29 is 19.4 Å². The van der Waals surface area contributed by atoms with Gasteiger partial charge >= 0.3 is 5.69 Å². The summed E-state index contributed by atoms with van der Waals surface area (Å²) in [5.74, 6) is -0.0287. The predicted octanol–water partition coefficient (Wildman–Crippen LogP) is 2.72. The molecular formula is C29H37FN6O4. The molecule has 10 nitrogen and oxygen atoms in total. The zero-order valence-corrected chi connectivity index (χ0v) is 23.1. The number of phenolic OH excluding ortho intramolecular Hbond substituents is 2. The lowest BCUT2D eigenvalue weighted by molar-refractivity contribution is -0.130. The summed E-state index contributed by atoms with van der Waals surface area (Å²) < 4.78 is 16.5. The van der Waals surface area contributed by atoms with Crippen LogP contribution in [0.1, 0.15) is 37.8 Å². The Kier molecular flexibility index (Phi) is 8.22. The monoisotopic (exact) mass is 552 g/mol. The number of aryl methyl sites for hydroxylation is 1. The Hall–Kier alpha value is -3.70. The number of benzene rings is 2. The predicted molar refractivity (Wildman–Crippen MR) is 149 cm³/mol. The Labute approximate surface area is 232 Å². The lowest BCUT2D eigenvalue weighted by atomic mass is 9.96. The van der Waals surface area contributed by atoms with Crippen molar-refractivity contribution in [1.82, 2.24) is 29.5 Å². The van der Waals surface area contributed by atoms with Crippen molar-refractivity contribution in [2.24, 2.45) is 5.92 Å². The normalized spacial score (nSPS) is 17.4. The number of carbonyl (C=O) groups is 1. The number of nitrogens with zero attached hydrogens (tertiary/aromatic N) is 5. The number of piperidine rings is 1. The molecule has 0 radical (unpaired) electrons. The number of H-pyrrole nitrogens is 1. The minimum Gasteiger partial charge on any atom is -0.508 e. The van der Waals surface area contributed by atoms with E-state index in [-0.39, 0.29) is 34.5 Å². The number of aromatic nitrogens is 3. The lowest BCUT2D eigenvalue weighted by Gasteiger charge is -2.38. The number of amides is 1. The van der Waals surface area contributed by atoms with Crippen LogP contribution in [0.4, 0.5) is 4.39 Å². The second-order valence-corrected chi connectivity index (χ2v) is 10.9. The van der Waals surface area contributed by atoms with Crippen LogP contribution >= 0.6 is 0 Å². The zero-order chi connectivity index (χ0) is 28.4. The number of aromatic hydroxyl groups is 2. The van der Waals surface area contributed by atoms with E-state index < -0.39 is 11.5 Å². The molecule has 3 N–H and O–H groups in total. The minimum atomic E-state index is -0.629. The van der Waals surface area contributed by atoms with Crippen LogP contribution in [-0.2, 0) is 17.8 Å². The third-order valence-electron chi connectivity index (χ3n) is 8.19. The molecule has 0 aliphatic carbocycles. The van der Waals surface area contributed by atoms with Gasteiger partial charge in [0.2, 0.25) is 5.91 Å². The smallest absolute Gasteiger partial charge is 0.348 e. The van der Waals surface area contributed by atoms with Crippen molar-refractivity contribution in [3.63, 3.8) is 0 Å². The summed E-state index contributed by atoms with van der Waals surface area (Å²) in [7, 11) is 0. The van der Waals surface area contributed by atoms with E-state index in [1.54, 1.807) is 19.1 Å². The molecule has 2 aliphatic rings. The molecule has 214 valence electrons. The van der Waals surface area contributed by atoms with Gasteiger partial charge in [0.25, 0.3) is 0 Å². The average molecular weight is 553 g/mol. The molecule has 0 bridgehead atoms. The number of halogens is 1. The molecule has 3 heterocycles. The first kappa shape index (κ1) is 27.9. The molecule has 0 saturated carbocycles. The molecule has 0 spiro atoms. The molecule has 11 heteroatoms. The molecule has 2 fully saturated rings. The van der Waals surface area contributed by atoms with E-state index in [1.807, 2.05) is 17.9 Å². The highest BCUT2D eigenvalue weighted by atomic mass is 19.1. The summed E-state index contributed by atoms with van der Waals surface area (Å²) in [6.45, 7) is 10.5. The highest BCUT2D eigenvalue weighted by Gasteiger charge is 2.25. The third kappa shape index (κ3) is 5.90. The SMILES string of the molecule is CCc1cc(-c2n[nH]c(=O)n2-c2ccc(CN3CCN(CC4CCN(C(C)=O)CC4)CC3)cc2F)c(O)cc1O. The molecule has 0 unspecified atom stereocenters. The van der Waals surface area contributed by atoms with E-state index in [0.717, 1.165) is 68.8 Å². The van der Waals surface area contributed by atoms with Gasteiger partial charge in [0.15, 0.2) is 5.82 Å². The van der Waals surface area contributed by atoms with E-state index in [9.17, 15) is 19.8 Å². The molecule has 5 rings (SSSR count). The fourth-order valence-corrected chi connectivity index (χ4v) is 5.80. The van der Waals surface area contributed by atoms with Gasteiger partial charge in [-0.15, -0.1) is 0 Å². The first-order chi connectivity index (χ1) is 19.2. The van der Waals surface area contributed by atoms with Crippen LogP contribution in [0.15, 0.2) is 35.1 Å².